The van der Waals surface area contributed by atoms with Gasteiger partial charge >= 0.3 is 0 Å². The van der Waals surface area contributed by atoms with E-state index in [1.165, 1.54) is 0 Å². The van der Waals surface area contributed by atoms with Crippen LogP contribution in [0.15, 0.2) is 0 Å². The fourth-order valence-electron chi connectivity index (χ4n) is 2.54. The summed E-state index contributed by atoms with van der Waals surface area (Å²) in [6.07, 6.45) is 0.324. The quantitative estimate of drug-likeness (QED) is 0.744. The lowest BCUT2D eigenvalue weighted by atomic mass is 10.1. The third-order valence-corrected chi connectivity index (χ3v) is 4.99. The van der Waals surface area contributed by atoms with Crippen LogP contribution in [0.4, 0.5) is 0 Å². The molecule has 2 rings (SSSR count). The number of hydrogen-bond acceptors (Lipinski definition) is 4. The first-order valence-corrected chi connectivity index (χ1v) is 13.6. The van der Waals surface area contributed by atoms with Gasteiger partial charge in [0.05, 0.1) is 25.4 Å². The lowest BCUT2D eigenvalue weighted by Gasteiger charge is -2.26. The molecule has 0 amide bonds. The summed E-state index contributed by atoms with van der Waals surface area (Å²) in [5, 5.41) is 0. The van der Waals surface area contributed by atoms with Gasteiger partial charge in [0.1, 0.15) is 12.2 Å². The van der Waals surface area contributed by atoms with E-state index in [0.29, 0.717) is 13.2 Å². The van der Waals surface area contributed by atoms with Gasteiger partial charge in [0.2, 0.25) is 0 Å². The van der Waals surface area contributed by atoms with Crippen LogP contribution >= 0.6 is 0 Å². The van der Waals surface area contributed by atoms with Gasteiger partial charge in [-0.25, -0.2) is 0 Å². The standard InChI is InChI=1S/C12H26O4Si2/c1-17(2,3)15-9-7-13-12-10(8-14-11(9)12)16-18(4,5)6/h9-12H,7-8H2,1-6H3/t9-,10-,11?,12?/m0/s1. The highest BCUT2D eigenvalue weighted by atomic mass is 28.4. The van der Waals surface area contributed by atoms with Crippen molar-refractivity contribution in [1.82, 2.24) is 0 Å². The van der Waals surface area contributed by atoms with E-state index in [1.54, 1.807) is 0 Å². The second-order valence-electron chi connectivity index (χ2n) is 7.13. The van der Waals surface area contributed by atoms with Gasteiger partial charge in [0, 0.05) is 0 Å². The Hall–Kier alpha value is 0.274. The molecule has 0 aliphatic carbocycles. The molecule has 6 heteroatoms. The highest BCUT2D eigenvalue weighted by Gasteiger charge is 2.50. The maximum atomic E-state index is 6.14. The van der Waals surface area contributed by atoms with E-state index in [1.807, 2.05) is 0 Å². The Morgan fingerprint density at radius 3 is 1.33 bits per heavy atom. The van der Waals surface area contributed by atoms with Crippen molar-refractivity contribution in [2.24, 2.45) is 0 Å². The minimum Gasteiger partial charge on any atom is -0.410 e. The third-order valence-electron chi connectivity index (χ3n) is 2.97. The van der Waals surface area contributed by atoms with Gasteiger partial charge in [-0.3, -0.25) is 0 Å². The average Bonchev–Trinajstić information content (AvgIpc) is 2.66. The summed E-state index contributed by atoms with van der Waals surface area (Å²) in [6.45, 7) is 14.5. The maximum absolute atomic E-state index is 6.14. The molecule has 4 atom stereocenters. The van der Waals surface area contributed by atoms with Gasteiger partial charge in [-0.15, -0.1) is 0 Å². The van der Waals surface area contributed by atoms with Gasteiger partial charge in [0.15, 0.2) is 16.6 Å². The summed E-state index contributed by atoms with van der Waals surface area (Å²) in [5.41, 5.74) is 0. The van der Waals surface area contributed by atoms with Crippen LogP contribution in [0.3, 0.4) is 0 Å². The number of fused-ring (bicyclic) bond motifs is 1. The minimum atomic E-state index is -1.54. The molecule has 0 spiro atoms. The molecule has 2 aliphatic rings. The number of hydrogen-bond donors (Lipinski definition) is 0. The van der Waals surface area contributed by atoms with Crippen LogP contribution in [0.2, 0.25) is 39.3 Å². The fraction of sp³-hybridized carbons (Fsp3) is 1.00. The van der Waals surface area contributed by atoms with Gasteiger partial charge in [-0.05, 0) is 39.3 Å². The summed E-state index contributed by atoms with van der Waals surface area (Å²) in [5.74, 6) is 0. The zero-order chi connectivity index (χ0) is 13.6. The Morgan fingerprint density at radius 1 is 0.722 bits per heavy atom. The Balaban J connectivity index is 1.95. The summed E-state index contributed by atoms with van der Waals surface area (Å²) in [4.78, 5) is 0. The molecule has 0 saturated carbocycles. The molecule has 0 N–H and O–H groups in total. The minimum absolute atomic E-state index is 0.0677. The summed E-state index contributed by atoms with van der Waals surface area (Å²) in [7, 11) is -3.09. The van der Waals surface area contributed by atoms with E-state index in [4.69, 9.17) is 18.3 Å². The molecule has 0 radical (unpaired) electrons. The van der Waals surface area contributed by atoms with Crippen LogP contribution in [0, 0.1) is 0 Å². The first kappa shape index (κ1) is 14.7. The molecule has 2 aliphatic heterocycles. The van der Waals surface area contributed by atoms with Gasteiger partial charge in [-0.2, -0.15) is 0 Å². The summed E-state index contributed by atoms with van der Waals surface area (Å²) < 4.78 is 24.0. The highest BCUT2D eigenvalue weighted by molar-refractivity contribution is 6.70. The number of ether oxygens (including phenoxy) is 2. The third kappa shape index (κ3) is 3.64. The van der Waals surface area contributed by atoms with E-state index >= 15 is 0 Å². The van der Waals surface area contributed by atoms with Crippen molar-refractivity contribution in [3.05, 3.63) is 0 Å². The van der Waals surface area contributed by atoms with Crippen molar-refractivity contribution < 1.29 is 18.3 Å². The maximum Gasteiger partial charge on any atom is 0.184 e. The predicted molar refractivity (Wildman–Crippen MR) is 75.9 cm³/mol. The molecule has 0 aromatic rings. The largest absolute Gasteiger partial charge is 0.410 e. The fourth-order valence-corrected chi connectivity index (χ4v) is 4.76. The molecular formula is C12H26O4Si2. The molecule has 0 aromatic carbocycles. The smallest absolute Gasteiger partial charge is 0.184 e. The van der Waals surface area contributed by atoms with Crippen LogP contribution in [0.1, 0.15) is 0 Å². The van der Waals surface area contributed by atoms with Crippen LogP contribution in [-0.4, -0.2) is 54.3 Å². The molecule has 2 heterocycles. The SMILES string of the molecule is C[Si](C)(C)O[C@H]1COC2C1OC[C@@H]2O[Si](C)(C)C. The number of rotatable bonds is 4. The molecule has 0 aromatic heterocycles. The van der Waals surface area contributed by atoms with Crippen molar-refractivity contribution in [2.45, 2.75) is 63.7 Å². The second kappa shape index (κ2) is 4.99. The van der Waals surface area contributed by atoms with E-state index in [0.717, 1.165) is 0 Å². The average molecular weight is 291 g/mol. The van der Waals surface area contributed by atoms with Crippen LogP contribution in [-0.2, 0) is 18.3 Å². The lowest BCUT2D eigenvalue weighted by Crippen LogP contribution is -2.42. The highest BCUT2D eigenvalue weighted by Crippen LogP contribution is 2.33. The van der Waals surface area contributed by atoms with Gasteiger partial charge in [-0.1, -0.05) is 0 Å². The molecule has 2 fully saturated rings. The predicted octanol–water partition coefficient (Wildman–Crippen LogP) is 2.22. The van der Waals surface area contributed by atoms with Crippen molar-refractivity contribution in [3.8, 4) is 0 Å². The van der Waals surface area contributed by atoms with Crippen LogP contribution in [0.25, 0.3) is 0 Å². The van der Waals surface area contributed by atoms with E-state index in [9.17, 15) is 0 Å². The monoisotopic (exact) mass is 290 g/mol. The molecule has 4 nitrogen and oxygen atoms in total. The first-order chi connectivity index (χ1) is 8.16. The molecule has 106 valence electrons. The Morgan fingerprint density at radius 2 is 1.06 bits per heavy atom. The van der Waals surface area contributed by atoms with E-state index in [2.05, 4.69) is 39.3 Å². The topological polar surface area (TPSA) is 36.9 Å². The lowest BCUT2D eigenvalue weighted by molar-refractivity contribution is 0.0135. The zero-order valence-corrected chi connectivity index (χ0v) is 14.4. The molecule has 2 saturated heterocycles. The van der Waals surface area contributed by atoms with Gasteiger partial charge in [0.25, 0.3) is 0 Å². The van der Waals surface area contributed by atoms with Gasteiger partial charge < -0.3 is 18.3 Å². The Labute approximate surface area is 112 Å². The van der Waals surface area contributed by atoms with Crippen molar-refractivity contribution in [2.75, 3.05) is 13.2 Å². The van der Waals surface area contributed by atoms with Crippen molar-refractivity contribution >= 4 is 16.6 Å². The Bertz CT molecular complexity index is 267. The van der Waals surface area contributed by atoms with Crippen LogP contribution in [0.5, 0.6) is 0 Å². The van der Waals surface area contributed by atoms with Crippen LogP contribution < -0.4 is 0 Å². The van der Waals surface area contributed by atoms with E-state index in [-0.39, 0.29) is 24.4 Å². The molecule has 18 heavy (non-hydrogen) atoms. The second-order valence-corrected chi connectivity index (χ2v) is 16.1. The molecule has 0 bridgehead atoms. The normalized spacial score (nSPS) is 37.0. The van der Waals surface area contributed by atoms with Crippen molar-refractivity contribution in [1.29, 1.82) is 0 Å². The Kier molecular flexibility index (Phi) is 4.07. The first-order valence-electron chi connectivity index (χ1n) is 6.74. The van der Waals surface area contributed by atoms with Crippen molar-refractivity contribution in [3.63, 3.8) is 0 Å². The summed E-state index contributed by atoms with van der Waals surface area (Å²) in [6, 6.07) is 0. The molecular weight excluding hydrogens is 264 g/mol. The zero-order valence-electron chi connectivity index (χ0n) is 12.4. The molecule has 2 unspecified atom stereocenters. The van der Waals surface area contributed by atoms with E-state index < -0.39 is 16.6 Å². The summed E-state index contributed by atoms with van der Waals surface area (Å²) >= 11 is 0.